The normalized spacial score (nSPS) is 15.9. The number of rotatable bonds is 4. The van der Waals surface area contributed by atoms with Gasteiger partial charge in [0.2, 0.25) is 10.0 Å². The smallest absolute Gasteiger partial charge is 0.243 e. The summed E-state index contributed by atoms with van der Waals surface area (Å²) in [6.45, 7) is 3.77. The quantitative estimate of drug-likeness (QED) is 0.674. The van der Waals surface area contributed by atoms with E-state index in [2.05, 4.69) is 9.88 Å². The SMILES string of the molecule is CCc1nc(N2CCN(S(=O)(=O)c3ccc(F)cc3)CC2)c2ccccc2n1. The van der Waals surface area contributed by atoms with Crippen molar-refractivity contribution in [2.45, 2.75) is 18.2 Å². The van der Waals surface area contributed by atoms with Crippen molar-refractivity contribution >= 4 is 26.7 Å². The van der Waals surface area contributed by atoms with Crippen LogP contribution >= 0.6 is 0 Å². The summed E-state index contributed by atoms with van der Waals surface area (Å²) < 4.78 is 40.2. The van der Waals surface area contributed by atoms with Crippen molar-refractivity contribution in [3.8, 4) is 0 Å². The Labute approximate surface area is 163 Å². The second kappa shape index (κ2) is 7.44. The first-order valence-electron chi connectivity index (χ1n) is 9.25. The molecule has 2 aromatic carbocycles. The number of hydrogen-bond donors (Lipinski definition) is 0. The molecule has 8 heteroatoms. The molecule has 3 aromatic rings. The zero-order chi connectivity index (χ0) is 19.7. The molecule has 1 aliphatic heterocycles. The molecule has 0 saturated carbocycles. The van der Waals surface area contributed by atoms with E-state index >= 15 is 0 Å². The Morgan fingerprint density at radius 3 is 2.32 bits per heavy atom. The molecule has 0 N–H and O–H groups in total. The highest BCUT2D eigenvalue weighted by atomic mass is 32.2. The molecule has 1 aromatic heterocycles. The minimum Gasteiger partial charge on any atom is -0.353 e. The third-order valence-corrected chi connectivity index (χ3v) is 6.85. The monoisotopic (exact) mass is 400 g/mol. The average molecular weight is 400 g/mol. The molecule has 0 unspecified atom stereocenters. The first-order valence-corrected chi connectivity index (χ1v) is 10.7. The van der Waals surface area contributed by atoms with Gasteiger partial charge in [0.1, 0.15) is 17.5 Å². The Morgan fingerprint density at radius 2 is 1.64 bits per heavy atom. The summed E-state index contributed by atoms with van der Waals surface area (Å²) in [4.78, 5) is 11.5. The third-order valence-electron chi connectivity index (χ3n) is 4.94. The Kier molecular flexibility index (Phi) is 4.99. The van der Waals surface area contributed by atoms with Crippen molar-refractivity contribution < 1.29 is 12.8 Å². The molecule has 146 valence electrons. The first kappa shape index (κ1) is 18.8. The molecule has 0 radical (unpaired) electrons. The molecule has 0 bridgehead atoms. The molecule has 0 aliphatic carbocycles. The number of aromatic nitrogens is 2. The van der Waals surface area contributed by atoms with Gasteiger partial charge in [0, 0.05) is 38.0 Å². The highest BCUT2D eigenvalue weighted by Gasteiger charge is 2.29. The summed E-state index contributed by atoms with van der Waals surface area (Å²) in [5.41, 5.74) is 0.894. The van der Waals surface area contributed by atoms with Crippen LogP contribution in [0.5, 0.6) is 0 Å². The second-order valence-corrected chi connectivity index (χ2v) is 8.62. The molecular formula is C20H21FN4O2S. The van der Waals surface area contributed by atoms with Crippen molar-refractivity contribution in [2.75, 3.05) is 31.1 Å². The predicted molar refractivity (Wildman–Crippen MR) is 106 cm³/mol. The molecule has 4 rings (SSSR count). The molecule has 0 amide bonds. The lowest BCUT2D eigenvalue weighted by molar-refractivity contribution is 0.384. The van der Waals surface area contributed by atoms with E-state index in [4.69, 9.17) is 4.98 Å². The van der Waals surface area contributed by atoms with Crippen LogP contribution < -0.4 is 4.90 Å². The number of fused-ring (bicyclic) bond motifs is 1. The second-order valence-electron chi connectivity index (χ2n) is 6.68. The minimum atomic E-state index is -3.63. The molecule has 1 aliphatic rings. The zero-order valence-corrected chi connectivity index (χ0v) is 16.4. The number of hydrogen-bond acceptors (Lipinski definition) is 5. The molecule has 2 heterocycles. The number of aryl methyl sites for hydroxylation is 1. The lowest BCUT2D eigenvalue weighted by Gasteiger charge is -2.35. The Bertz CT molecular complexity index is 1090. The molecule has 0 atom stereocenters. The summed E-state index contributed by atoms with van der Waals surface area (Å²) in [5, 5.41) is 0.967. The molecule has 1 fully saturated rings. The van der Waals surface area contributed by atoms with Gasteiger partial charge >= 0.3 is 0 Å². The molecule has 28 heavy (non-hydrogen) atoms. The number of halogens is 1. The van der Waals surface area contributed by atoms with E-state index in [1.54, 1.807) is 0 Å². The van der Waals surface area contributed by atoms with Crippen LogP contribution in [-0.2, 0) is 16.4 Å². The van der Waals surface area contributed by atoms with Crippen LogP contribution in [0.15, 0.2) is 53.4 Å². The van der Waals surface area contributed by atoms with Gasteiger partial charge in [-0.3, -0.25) is 0 Å². The van der Waals surface area contributed by atoms with Gasteiger partial charge in [-0.2, -0.15) is 4.31 Å². The van der Waals surface area contributed by atoms with Gasteiger partial charge in [-0.25, -0.2) is 22.8 Å². The number of nitrogens with zero attached hydrogens (tertiary/aromatic N) is 4. The van der Waals surface area contributed by atoms with Crippen LogP contribution in [-0.4, -0.2) is 48.9 Å². The summed E-state index contributed by atoms with van der Waals surface area (Å²) in [7, 11) is -3.63. The van der Waals surface area contributed by atoms with Crippen molar-refractivity contribution in [2.24, 2.45) is 0 Å². The van der Waals surface area contributed by atoms with Crippen LogP contribution in [0, 0.1) is 5.82 Å². The number of benzene rings is 2. The summed E-state index contributed by atoms with van der Waals surface area (Å²) in [6.07, 6.45) is 0.733. The van der Waals surface area contributed by atoms with Gasteiger partial charge in [-0.05, 0) is 36.4 Å². The average Bonchev–Trinajstić information content (AvgIpc) is 2.73. The maximum atomic E-state index is 13.1. The lowest BCUT2D eigenvalue weighted by atomic mass is 10.2. The van der Waals surface area contributed by atoms with E-state index < -0.39 is 15.8 Å². The highest BCUT2D eigenvalue weighted by Crippen LogP contribution is 2.26. The fourth-order valence-electron chi connectivity index (χ4n) is 3.40. The molecular weight excluding hydrogens is 379 g/mol. The van der Waals surface area contributed by atoms with Gasteiger partial charge in [-0.1, -0.05) is 19.1 Å². The summed E-state index contributed by atoms with van der Waals surface area (Å²) in [6, 6.07) is 12.8. The van der Waals surface area contributed by atoms with Gasteiger partial charge in [-0.15, -0.1) is 0 Å². The first-order chi connectivity index (χ1) is 13.5. The standard InChI is InChI=1S/C20H21FN4O2S/c1-2-19-22-18-6-4-3-5-17(18)20(23-19)24-11-13-25(14-12-24)28(26,27)16-9-7-15(21)8-10-16/h3-10H,2,11-14H2,1H3. The Balaban J connectivity index is 1.58. The van der Waals surface area contributed by atoms with E-state index in [0.29, 0.717) is 26.2 Å². The molecule has 1 saturated heterocycles. The number of para-hydroxylation sites is 1. The van der Waals surface area contributed by atoms with E-state index in [9.17, 15) is 12.8 Å². The van der Waals surface area contributed by atoms with Gasteiger partial charge in [0.15, 0.2) is 0 Å². The van der Waals surface area contributed by atoms with E-state index in [1.807, 2.05) is 31.2 Å². The van der Waals surface area contributed by atoms with E-state index in [1.165, 1.54) is 28.6 Å². The Hall–Kier alpha value is -2.58. The van der Waals surface area contributed by atoms with E-state index in [-0.39, 0.29) is 4.90 Å². The van der Waals surface area contributed by atoms with Gasteiger partial charge in [0.25, 0.3) is 0 Å². The maximum Gasteiger partial charge on any atom is 0.243 e. The largest absolute Gasteiger partial charge is 0.353 e. The third kappa shape index (κ3) is 3.45. The fraction of sp³-hybridized carbons (Fsp3) is 0.300. The van der Waals surface area contributed by atoms with Crippen LogP contribution in [0.2, 0.25) is 0 Å². The van der Waals surface area contributed by atoms with Crippen molar-refractivity contribution in [1.82, 2.24) is 14.3 Å². The van der Waals surface area contributed by atoms with Crippen LogP contribution in [0.4, 0.5) is 10.2 Å². The minimum absolute atomic E-state index is 0.114. The number of sulfonamides is 1. The highest BCUT2D eigenvalue weighted by molar-refractivity contribution is 7.89. The van der Waals surface area contributed by atoms with Gasteiger partial charge in [0.05, 0.1) is 10.4 Å². The Morgan fingerprint density at radius 1 is 0.964 bits per heavy atom. The van der Waals surface area contributed by atoms with Crippen molar-refractivity contribution in [3.63, 3.8) is 0 Å². The zero-order valence-electron chi connectivity index (χ0n) is 15.5. The number of anilines is 1. The van der Waals surface area contributed by atoms with Crippen LogP contribution in [0.1, 0.15) is 12.7 Å². The molecule has 0 spiro atoms. The summed E-state index contributed by atoms with van der Waals surface area (Å²) >= 11 is 0. The van der Waals surface area contributed by atoms with Crippen LogP contribution in [0.25, 0.3) is 10.9 Å². The lowest BCUT2D eigenvalue weighted by Crippen LogP contribution is -2.49. The number of piperazine rings is 1. The topological polar surface area (TPSA) is 66.4 Å². The molecule has 6 nitrogen and oxygen atoms in total. The fourth-order valence-corrected chi connectivity index (χ4v) is 4.82. The predicted octanol–water partition coefficient (Wildman–Crippen LogP) is 2.84. The summed E-state index contributed by atoms with van der Waals surface area (Å²) in [5.74, 6) is 1.17. The maximum absolute atomic E-state index is 13.1. The van der Waals surface area contributed by atoms with Crippen LogP contribution in [0.3, 0.4) is 0 Å². The van der Waals surface area contributed by atoms with Gasteiger partial charge < -0.3 is 4.90 Å². The van der Waals surface area contributed by atoms with Crippen molar-refractivity contribution in [3.05, 3.63) is 60.2 Å². The van der Waals surface area contributed by atoms with Crippen molar-refractivity contribution in [1.29, 1.82) is 0 Å². The van der Waals surface area contributed by atoms with E-state index in [0.717, 1.165) is 29.0 Å².